The van der Waals surface area contributed by atoms with E-state index in [2.05, 4.69) is 23.8 Å². The minimum atomic E-state index is -0.598. The van der Waals surface area contributed by atoms with Gasteiger partial charge in [-0.3, -0.25) is 0 Å². The molecule has 0 saturated heterocycles. The Hall–Kier alpha value is -0.790. The van der Waals surface area contributed by atoms with E-state index >= 15 is 0 Å². The molecule has 1 rings (SSSR count). The first kappa shape index (κ1) is 18.3. The molecule has 0 aliphatic carbocycles. The molecule has 7 heteroatoms. The molecule has 0 saturated carbocycles. The van der Waals surface area contributed by atoms with Gasteiger partial charge in [-0.1, -0.05) is 0 Å². The molecular formula is C14H26N2O3S2. The third kappa shape index (κ3) is 7.68. The molecule has 1 aromatic rings. The van der Waals surface area contributed by atoms with Gasteiger partial charge in [0.2, 0.25) is 0 Å². The Labute approximate surface area is 133 Å². The summed E-state index contributed by atoms with van der Waals surface area (Å²) in [5, 5.41) is 2.42. The van der Waals surface area contributed by atoms with Crippen LogP contribution in [-0.4, -0.2) is 54.5 Å². The Bertz CT molecular complexity index is 436. The molecule has 0 N–H and O–H groups in total. The van der Waals surface area contributed by atoms with Gasteiger partial charge in [0.1, 0.15) is 12.3 Å². The highest BCUT2D eigenvalue weighted by Gasteiger charge is 2.25. The normalized spacial score (nSPS) is 13.0. The first-order valence-electron chi connectivity index (χ1n) is 6.72. The van der Waals surface area contributed by atoms with Gasteiger partial charge in [-0.05, 0) is 39.5 Å². The fourth-order valence-corrected chi connectivity index (χ4v) is 2.55. The van der Waals surface area contributed by atoms with Crippen LogP contribution in [0.1, 0.15) is 20.8 Å². The molecule has 21 heavy (non-hydrogen) atoms. The second kappa shape index (κ2) is 7.47. The molecule has 1 heterocycles. The van der Waals surface area contributed by atoms with E-state index in [1.54, 1.807) is 6.20 Å². The van der Waals surface area contributed by atoms with Gasteiger partial charge in [-0.25, -0.2) is 24.7 Å². The third-order valence-corrected chi connectivity index (χ3v) is 4.51. The highest BCUT2D eigenvalue weighted by molar-refractivity contribution is 8.32. The zero-order valence-electron chi connectivity index (χ0n) is 13.7. The summed E-state index contributed by atoms with van der Waals surface area (Å²) in [4.78, 5) is 17.8. The van der Waals surface area contributed by atoms with Gasteiger partial charge in [0.25, 0.3) is 0 Å². The number of carbonyl (C=O) groups is 1. The molecular weight excluding hydrogens is 308 g/mol. The Morgan fingerprint density at radius 2 is 2.05 bits per heavy atom. The van der Waals surface area contributed by atoms with Gasteiger partial charge in [0.15, 0.2) is 5.13 Å². The number of amides is 1. The van der Waals surface area contributed by atoms with Crippen LogP contribution in [-0.2, 0) is 9.47 Å². The van der Waals surface area contributed by atoms with Crippen LogP contribution in [0.15, 0.2) is 11.6 Å². The molecule has 1 aromatic heterocycles. The maximum atomic E-state index is 12.2. The number of nitrogens with zero attached hydrogens (tertiary/aromatic N) is 2. The van der Waals surface area contributed by atoms with E-state index in [0.29, 0.717) is 11.7 Å². The van der Waals surface area contributed by atoms with Crippen molar-refractivity contribution in [3.05, 3.63) is 11.6 Å². The second-order valence-corrected chi connectivity index (χ2v) is 12.0. The lowest BCUT2D eigenvalue weighted by Crippen LogP contribution is -2.38. The SMILES string of the molecule is CC(C)(C)OC(=O)N(COCCS(C)(C)C)c1nccs1. The summed E-state index contributed by atoms with van der Waals surface area (Å²) >= 11 is 1.39. The standard InChI is InChI=1S/C14H26N2O3S2/c1-14(2,3)19-13(17)16(12-15-7-9-20-12)11-18-8-10-21(4,5)6/h7,9H,8,10-11H2,1-6H3. The summed E-state index contributed by atoms with van der Waals surface area (Å²) in [5.41, 5.74) is -0.540. The molecule has 0 aromatic carbocycles. The maximum Gasteiger partial charge on any atom is 0.418 e. The van der Waals surface area contributed by atoms with Crippen LogP contribution in [0.25, 0.3) is 0 Å². The van der Waals surface area contributed by atoms with Crippen LogP contribution in [0.2, 0.25) is 0 Å². The van der Waals surface area contributed by atoms with Crippen LogP contribution in [0.4, 0.5) is 9.93 Å². The molecule has 0 unspecified atom stereocenters. The summed E-state index contributed by atoms with van der Waals surface area (Å²) in [6, 6.07) is 0. The highest BCUT2D eigenvalue weighted by atomic mass is 32.3. The summed E-state index contributed by atoms with van der Waals surface area (Å²) in [7, 11) is -0.598. The smallest absolute Gasteiger partial charge is 0.418 e. The van der Waals surface area contributed by atoms with Crippen molar-refractivity contribution < 1.29 is 14.3 Å². The number of aromatic nitrogens is 1. The van der Waals surface area contributed by atoms with E-state index < -0.39 is 21.7 Å². The van der Waals surface area contributed by atoms with Crippen molar-refractivity contribution in [2.45, 2.75) is 26.4 Å². The lowest BCUT2D eigenvalue weighted by molar-refractivity contribution is 0.0502. The summed E-state index contributed by atoms with van der Waals surface area (Å²) in [5.74, 6) is 1.01. The second-order valence-electron chi connectivity index (χ2n) is 6.56. The molecule has 0 fully saturated rings. The van der Waals surface area contributed by atoms with Crippen LogP contribution < -0.4 is 4.90 Å². The van der Waals surface area contributed by atoms with E-state index in [1.807, 2.05) is 26.2 Å². The fourth-order valence-electron chi connectivity index (χ4n) is 1.32. The number of rotatable bonds is 6. The molecule has 0 atom stereocenters. The largest absolute Gasteiger partial charge is 0.443 e. The van der Waals surface area contributed by atoms with E-state index in [1.165, 1.54) is 16.2 Å². The number of anilines is 1. The maximum absolute atomic E-state index is 12.2. The lowest BCUT2D eigenvalue weighted by atomic mass is 10.2. The zero-order chi connectivity index (χ0) is 16.1. The van der Waals surface area contributed by atoms with Crippen LogP contribution in [0, 0.1) is 0 Å². The summed E-state index contributed by atoms with van der Waals surface area (Å²) in [6.07, 6.45) is 7.95. The highest BCUT2D eigenvalue weighted by Crippen LogP contribution is 2.33. The topological polar surface area (TPSA) is 51.7 Å². The average molecular weight is 335 g/mol. The molecule has 0 aliphatic rings. The molecule has 0 radical (unpaired) electrons. The number of carbonyl (C=O) groups excluding carboxylic acids is 1. The first-order valence-corrected chi connectivity index (χ1v) is 10.6. The van der Waals surface area contributed by atoms with E-state index in [4.69, 9.17) is 9.47 Å². The molecule has 1 amide bonds. The summed E-state index contributed by atoms with van der Waals surface area (Å²) in [6.45, 7) is 6.32. The number of ether oxygens (including phenoxy) is 2. The molecule has 0 bridgehead atoms. The van der Waals surface area contributed by atoms with Crippen LogP contribution >= 0.6 is 21.4 Å². The minimum absolute atomic E-state index is 0.165. The van der Waals surface area contributed by atoms with E-state index in [9.17, 15) is 4.79 Å². The van der Waals surface area contributed by atoms with Gasteiger partial charge < -0.3 is 9.47 Å². The quantitative estimate of drug-likeness (QED) is 0.590. The van der Waals surface area contributed by atoms with Crippen LogP contribution in [0.3, 0.4) is 0 Å². The van der Waals surface area contributed by atoms with Crippen molar-refractivity contribution in [3.8, 4) is 0 Å². The third-order valence-electron chi connectivity index (χ3n) is 2.32. The molecule has 0 aliphatic heterocycles. The minimum Gasteiger partial charge on any atom is -0.443 e. The number of hydrogen-bond acceptors (Lipinski definition) is 5. The van der Waals surface area contributed by atoms with Gasteiger partial charge in [0.05, 0.1) is 6.61 Å². The van der Waals surface area contributed by atoms with E-state index in [0.717, 1.165) is 5.75 Å². The van der Waals surface area contributed by atoms with Crippen molar-refractivity contribution in [1.82, 2.24) is 4.98 Å². The predicted octanol–water partition coefficient (Wildman–Crippen LogP) is 3.55. The number of hydrogen-bond donors (Lipinski definition) is 0. The fraction of sp³-hybridized carbons (Fsp3) is 0.714. The van der Waals surface area contributed by atoms with Crippen LogP contribution in [0.5, 0.6) is 0 Å². The van der Waals surface area contributed by atoms with E-state index in [-0.39, 0.29) is 6.73 Å². The van der Waals surface area contributed by atoms with Crippen molar-refractivity contribution in [2.24, 2.45) is 0 Å². The zero-order valence-corrected chi connectivity index (χ0v) is 15.3. The van der Waals surface area contributed by atoms with Crippen molar-refractivity contribution in [2.75, 3.05) is 42.8 Å². The molecule has 5 nitrogen and oxygen atoms in total. The molecule has 122 valence electrons. The average Bonchev–Trinajstić information content (AvgIpc) is 2.78. The van der Waals surface area contributed by atoms with Crippen molar-refractivity contribution in [3.63, 3.8) is 0 Å². The number of thiazole rings is 1. The van der Waals surface area contributed by atoms with Gasteiger partial charge in [0, 0.05) is 17.3 Å². The monoisotopic (exact) mass is 334 g/mol. The van der Waals surface area contributed by atoms with Gasteiger partial charge in [-0.15, -0.1) is 11.3 Å². The first-order chi connectivity index (χ1) is 9.58. The summed E-state index contributed by atoms with van der Waals surface area (Å²) < 4.78 is 11.0. The van der Waals surface area contributed by atoms with Crippen molar-refractivity contribution in [1.29, 1.82) is 0 Å². The van der Waals surface area contributed by atoms with Gasteiger partial charge in [-0.2, -0.15) is 0 Å². The Morgan fingerprint density at radius 1 is 1.38 bits per heavy atom. The Morgan fingerprint density at radius 3 is 2.52 bits per heavy atom. The van der Waals surface area contributed by atoms with Crippen molar-refractivity contribution >= 4 is 32.6 Å². The Balaban J connectivity index is 2.60. The lowest BCUT2D eigenvalue weighted by Gasteiger charge is -2.27. The predicted molar refractivity (Wildman–Crippen MR) is 91.9 cm³/mol. The molecule has 0 spiro atoms. The van der Waals surface area contributed by atoms with Gasteiger partial charge >= 0.3 is 6.09 Å². The Kier molecular flexibility index (Phi) is 6.49.